The van der Waals surface area contributed by atoms with Crippen molar-refractivity contribution < 1.29 is 4.79 Å². The molecule has 0 saturated heterocycles. The molecule has 1 heterocycles. The first-order chi connectivity index (χ1) is 12.1. The van der Waals surface area contributed by atoms with Crippen LogP contribution in [0.15, 0.2) is 36.5 Å². The van der Waals surface area contributed by atoms with E-state index in [4.69, 9.17) is 0 Å². The standard InChI is InChI=1S/C20H28N4O/c1-23(2)20(25)12-7-14-24-15-13-19(22-24)21-18-11-6-4-9-16-8-3-5-10-17(16)18/h3,5,8,10,13,15,18H,4,6-7,9,11-12,14H2,1-2H3,(H,21,22)/t18-/m1/s1. The van der Waals surface area contributed by atoms with Gasteiger partial charge < -0.3 is 10.2 Å². The van der Waals surface area contributed by atoms with E-state index in [1.165, 1.54) is 30.4 Å². The van der Waals surface area contributed by atoms with Crippen LogP contribution in [0.2, 0.25) is 0 Å². The van der Waals surface area contributed by atoms with Crippen LogP contribution in [0.25, 0.3) is 0 Å². The lowest BCUT2D eigenvalue weighted by atomic mass is 9.99. The Morgan fingerprint density at radius 2 is 2.12 bits per heavy atom. The van der Waals surface area contributed by atoms with E-state index >= 15 is 0 Å². The Kier molecular flexibility index (Phi) is 5.74. The Morgan fingerprint density at radius 3 is 2.96 bits per heavy atom. The smallest absolute Gasteiger partial charge is 0.222 e. The van der Waals surface area contributed by atoms with E-state index in [1.807, 2.05) is 16.9 Å². The van der Waals surface area contributed by atoms with Gasteiger partial charge in [-0.25, -0.2) is 0 Å². The number of carbonyl (C=O) groups is 1. The second kappa shape index (κ2) is 8.19. The number of hydrogen-bond donors (Lipinski definition) is 1. The van der Waals surface area contributed by atoms with Gasteiger partial charge in [0.25, 0.3) is 0 Å². The first-order valence-electron chi connectivity index (χ1n) is 9.21. The fourth-order valence-corrected chi connectivity index (χ4v) is 3.43. The zero-order valence-corrected chi connectivity index (χ0v) is 15.2. The van der Waals surface area contributed by atoms with E-state index in [0.29, 0.717) is 12.5 Å². The van der Waals surface area contributed by atoms with E-state index < -0.39 is 0 Å². The van der Waals surface area contributed by atoms with Gasteiger partial charge in [0.1, 0.15) is 5.82 Å². The highest BCUT2D eigenvalue weighted by Crippen LogP contribution is 2.30. The van der Waals surface area contributed by atoms with Crippen LogP contribution in [0.5, 0.6) is 0 Å². The van der Waals surface area contributed by atoms with Gasteiger partial charge in [-0.05, 0) is 36.8 Å². The molecule has 1 aliphatic carbocycles. The van der Waals surface area contributed by atoms with Gasteiger partial charge in [0.05, 0.1) is 6.04 Å². The summed E-state index contributed by atoms with van der Waals surface area (Å²) in [7, 11) is 3.59. The van der Waals surface area contributed by atoms with E-state index in [2.05, 4.69) is 34.7 Å². The van der Waals surface area contributed by atoms with Gasteiger partial charge in [0.15, 0.2) is 0 Å². The Hall–Kier alpha value is -2.30. The quantitative estimate of drug-likeness (QED) is 0.817. The summed E-state index contributed by atoms with van der Waals surface area (Å²) in [5, 5.41) is 8.24. The molecule has 1 N–H and O–H groups in total. The van der Waals surface area contributed by atoms with Crippen LogP contribution < -0.4 is 5.32 Å². The highest BCUT2D eigenvalue weighted by Gasteiger charge is 2.18. The van der Waals surface area contributed by atoms with Crippen molar-refractivity contribution in [2.24, 2.45) is 0 Å². The van der Waals surface area contributed by atoms with Crippen LogP contribution >= 0.6 is 0 Å². The van der Waals surface area contributed by atoms with Crippen molar-refractivity contribution in [3.8, 4) is 0 Å². The Morgan fingerprint density at radius 1 is 1.28 bits per heavy atom. The van der Waals surface area contributed by atoms with Gasteiger partial charge in [-0.3, -0.25) is 9.48 Å². The van der Waals surface area contributed by atoms with E-state index in [9.17, 15) is 4.79 Å². The maximum absolute atomic E-state index is 11.6. The minimum absolute atomic E-state index is 0.167. The second-order valence-corrected chi connectivity index (χ2v) is 7.00. The van der Waals surface area contributed by atoms with Crippen LogP contribution in [-0.2, 0) is 17.8 Å². The number of aryl methyl sites for hydroxylation is 2. The molecular weight excluding hydrogens is 312 g/mol. The van der Waals surface area contributed by atoms with Crippen molar-refractivity contribution >= 4 is 11.7 Å². The summed E-state index contributed by atoms with van der Waals surface area (Å²) in [5.74, 6) is 1.08. The summed E-state index contributed by atoms with van der Waals surface area (Å²) in [6.07, 6.45) is 8.16. The van der Waals surface area contributed by atoms with Crippen molar-refractivity contribution in [2.75, 3.05) is 19.4 Å². The summed E-state index contributed by atoms with van der Waals surface area (Å²) in [6.45, 7) is 0.766. The maximum Gasteiger partial charge on any atom is 0.222 e. The lowest BCUT2D eigenvalue weighted by Crippen LogP contribution is -2.21. The van der Waals surface area contributed by atoms with E-state index in [-0.39, 0.29) is 5.91 Å². The fraction of sp³-hybridized carbons (Fsp3) is 0.500. The maximum atomic E-state index is 11.6. The molecule has 134 valence electrons. The largest absolute Gasteiger partial charge is 0.362 e. The lowest BCUT2D eigenvalue weighted by molar-refractivity contribution is -0.128. The molecular formula is C20H28N4O. The highest BCUT2D eigenvalue weighted by molar-refractivity contribution is 5.75. The third-order valence-electron chi connectivity index (χ3n) is 4.86. The van der Waals surface area contributed by atoms with Crippen molar-refractivity contribution in [3.63, 3.8) is 0 Å². The first-order valence-corrected chi connectivity index (χ1v) is 9.21. The summed E-state index contributed by atoms with van der Waals surface area (Å²) in [5.41, 5.74) is 2.87. The molecule has 0 spiro atoms. The Labute approximate surface area is 150 Å². The molecule has 25 heavy (non-hydrogen) atoms. The highest BCUT2D eigenvalue weighted by atomic mass is 16.2. The number of nitrogens with one attached hydrogen (secondary N) is 1. The minimum Gasteiger partial charge on any atom is -0.362 e. The molecule has 0 radical (unpaired) electrons. The zero-order chi connectivity index (χ0) is 17.6. The number of aromatic nitrogens is 2. The van der Waals surface area contributed by atoms with Crippen LogP contribution in [0.1, 0.15) is 49.3 Å². The Balaban J connectivity index is 1.59. The monoisotopic (exact) mass is 340 g/mol. The summed E-state index contributed by atoms with van der Waals surface area (Å²) in [6, 6.07) is 11.1. The molecule has 0 saturated carbocycles. The predicted molar refractivity (Wildman–Crippen MR) is 101 cm³/mol. The van der Waals surface area contributed by atoms with Gasteiger partial charge in [-0.15, -0.1) is 0 Å². The molecule has 0 bridgehead atoms. The number of carbonyl (C=O) groups excluding carboxylic acids is 1. The third-order valence-corrected chi connectivity index (χ3v) is 4.86. The fourth-order valence-electron chi connectivity index (χ4n) is 3.43. The zero-order valence-electron chi connectivity index (χ0n) is 15.2. The van der Waals surface area contributed by atoms with Gasteiger partial charge in [-0.1, -0.05) is 30.7 Å². The Bertz CT molecular complexity index is 707. The van der Waals surface area contributed by atoms with Crippen LogP contribution in [0.3, 0.4) is 0 Å². The molecule has 1 aromatic heterocycles. The molecule has 0 unspecified atom stereocenters. The number of nitrogens with zero attached hydrogens (tertiary/aromatic N) is 3. The molecule has 5 heteroatoms. The molecule has 1 atom stereocenters. The summed E-state index contributed by atoms with van der Waals surface area (Å²) < 4.78 is 1.92. The third kappa shape index (κ3) is 4.62. The van der Waals surface area contributed by atoms with Gasteiger partial charge >= 0.3 is 0 Å². The number of anilines is 1. The molecule has 3 rings (SSSR count). The molecule has 1 amide bonds. The van der Waals surface area contributed by atoms with Crippen molar-refractivity contribution in [1.82, 2.24) is 14.7 Å². The molecule has 1 aromatic carbocycles. The molecule has 0 fully saturated rings. The van der Waals surface area contributed by atoms with Crippen molar-refractivity contribution in [1.29, 1.82) is 0 Å². The average molecular weight is 340 g/mol. The van der Waals surface area contributed by atoms with Gasteiger partial charge in [0, 0.05) is 39.3 Å². The molecule has 1 aliphatic rings. The second-order valence-electron chi connectivity index (χ2n) is 7.00. The minimum atomic E-state index is 0.167. The first kappa shape index (κ1) is 17.5. The van der Waals surface area contributed by atoms with Crippen molar-refractivity contribution in [2.45, 2.75) is 51.1 Å². The number of benzene rings is 1. The van der Waals surface area contributed by atoms with Crippen LogP contribution in [0, 0.1) is 0 Å². The van der Waals surface area contributed by atoms with Crippen molar-refractivity contribution in [3.05, 3.63) is 47.7 Å². The van der Waals surface area contributed by atoms with Crippen LogP contribution in [-0.4, -0.2) is 34.7 Å². The number of hydrogen-bond acceptors (Lipinski definition) is 3. The van der Waals surface area contributed by atoms with Gasteiger partial charge in [0.2, 0.25) is 5.91 Å². The van der Waals surface area contributed by atoms with E-state index in [0.717, 1.165) is 25.2 Å². The lowest BCUT2D eigenvalue weighted by Gasteiger charge is -2.19. The summed E-state index contributed by atoms with van der Waals surface area (Å²) >= 11 is 0. The normalized spacial score (nSPS) is 16.8. The molecule has 5 nitrogen and oxygen atoms in total. The summed E-state index contributed by atoms with van der Waals surface area (Å²) in [4.78, 5) is 13.3. The van der Waals surface area contributed by atoms with Crippen LogP contribution in [0.4, 0.5) is 5.82 Å². The topological polar surface area (TPSA) is 50.2 Å². The number of rotatable bonds is 6. The SMILES string of the molecule is CN(C)C(=O)CCCn1ccc(N[C@@H]2CCCCc3ccccc32)n1. The van der Waals surface area contributed by atoms with Gasteiger partial charge in [-0.2, -0.15) is 5.10 Å². The molecule has 2 aromatic rings. The number of amides is 1. The predicted octanol–water partition coefficient (Wildman–Crippen LogP) is 3.63. The van der Waals surface area contributed by atoms with E-state index in [1.54, 1.807) is 19.0 Å². The molecule has 0 aliphatic heterocycles. The number of fused-ring (bicyclic) bond motifs is 1. The average Bonchev–Trinajstić information content (AvgIpc) is 2.95.